The lowest BCUT2D eigenvalue weighted by atomic mass is 9.95. The number of ether oxygens (including phenoxy) is 1. The van der Waals surface area contributed by atoms with Gasteiger partial charge in [-0.05, 0) is 43.7 Å². The molecular formula is C16H19FN2O. The summed E-state index contributed by atoms with van der Waals surface area (Å²) in [4.78, 5) is 3.92. The predicted molar refractivity (Wildman–Crippen MR) is 77.6 cm³/mol. The lowest BCUT2D eigenvalue weighted by Crippen LogP contribution is -2.19. The van der Waals surface area contributed by atoms with E-state index in [2.05, 4.69) is 10.3 Å². The maximum atomic E-state index is 13.4. The van der Waals surface area contributed by atoms with E-state index in [9.17, 15) is 4.39 Å². The molecule has 1 atom stereocenters. The van der Waals surface area contributed by atoms with Gasteiger partial charge in [0.15, 0.2) is 0 Å². The second-order valence-corrected chi connectivity index (χ2v) is 4.79. The lowest BCUT2D eigenvalue weighted by molar-refractivity contribution is 0.401. The molecule has 106 valence electrons. The first-order valence-electron chi connectivity index (χ1n) is 6.50. The van der Waals surface area contributed by atoms with E-state index in [1.807, 2.05) is 33.0 Å². The van der Waals surface area contributed by atoms with Crippen LogP contribution in [0.4, 0.5) is 4.39 Å². The van der Waals surface area contributed by atoms with Crippen molar-refractivity contribution in [2.45, 2.75) is 19.9 Å². The Bertz CT molecular complexity index is 613. The molecule has 0 radical (unpaired) electrons. The van der Waals surface area contributed by atoms with Crippen molar-refractivity contribution in [3.05, 3.63) is 58.7 Å². The number of rotatable bonds is 4. The van der Waals surface area contributed by atoms with Gasteiger partial charge in [0, 0.05) is 11.8 Å². The van der Waals surface area contributed by atoms with Gasteiger partial charge in [-0.2, -0.15) is 0 Å². The summed E-state index contributed by atoms with van der Waals surface area (Å²) < 4.78 is 18.9. The van der Waals surface area contributed by atoms with Crippen molar-refractivity contribution < 1.29 is 9.13 Å². The highest BCUT2D eigenvalue weighted by atomic mass is 19.1. The van der Waals surface area contributed by atoms with Crippen molar-refractivity contribution >= 4 is 0 Å². The van der Waals surface area contributed by atoms with Crippen molar-refractivity contribution in [1.82, 2.24) is 10.3 Å². The van der Waals surface area contributed by atoms with Crippen LogP contribution in [0, 0.1) is 19.7 Å². The summed E-state index contributed by atoms with van der Waals surface area (Å²) >= 11 is 0. The fourth-order valence-electron chi connectivity index (χ4n) is 2.40. The normalized spacial score (nSPS) is 12.2. The molecule has 4 heteroatoms. The second kappa shape index (κ2) is 6.01. The molecule has 0 bridgehead atoms. The van der Waals surface area contributed by atoms with Gasteiger partial charge in [-0.1, -0.05) is 12.1 Å². The van der Waals surface area contributed by atoms with Crippen molar-refractivity contribution in [3.63, 3.8) is 0 Å². The molecular weight excluding hydrogens is 255 g/mol. The highest BCUT2D eigenvalue weighted by molar-refractivity contribution is 5.49. The summed E-state index contributed by atoms with van der Waals surface area (Å²) in [7, 11) is 3.49. The standard InChI is InChI=1S/C16H19FN2O/c1-10-5-6-14(16(20-4)11(10)2)15(18-3)12-7-13(17)9-19-8-12/h5-9,15,18H,1-4H3. The molecule has 0 saturated carbocycles. The summed E-state index contributed by atoms with van der Waals surface area (Å²) in [5.41, 5.74) is 4.01. The predicted octanol–water partition coefficient (Wildman–Crippen LogP) is 3.15. The van der Waals surface area contributed by atoms with Crippen LogP contribution in [0.1, 0.15) is 28.3 Å². The van der Waals surface area contributed by atoms with E-state index in [4.69, 9.17) is 4.74 Å². The maximum absolute atomic E-state index is 13.4. The van der Waals surface area contributed by atoms with Gasteiger partial charge in [-0.3, -0.25) is 4.98 Å². The molecule has 0 aliphatic heterocycles. The molecule has 2 aromatic rings. The number of methoxy groups -OCH3 is 1. The van der Waals surface area contributed by atoms with E-state index >= 15 is 0 Å². The molecule has 20 heavy (non-hydrogen) atoms. The maximum Gasteiger partial charge on any atom is 0.141 e. The van der Waals surface area contributed by atoms with Gasteiger partial charge in [-0.25, -0.2) is 4.39 Å². The molecule has 2 rings (SSSR count). The minimum absolute atomic E-state index is 0.160. The molecule has 0 aliphatic carbocycles. The van der Waals surface area contributed by atoms with Crippen LogP contribution in [0.3, 0.4) is 0 Å². The summed E-state index contributed by atoms with van der Waals surface area (Å²) in [5, 5.41) is 3.20. The molecule has 1 aromatic heterocycles. The largest absolute Gasteiger partial charge is 0.496 e. The Morgan fingerprint density at radius 1 is 1.25 bits per heavy atom. The zero-order valence-corrected chi connectivity index (χ0v) is 12.2. The zero-order valence-electron chi connectivity index (χ0n) is 12.2. The van der Waals surface area contributed by atoms with Gasteiger partial charge in [0.05, 0.1) is 19.3 Å². The van der Waals surface area contributed by atoms with Crippen LogP contribution in [0.5, 0.6) is 5.75 Å². The van der Waals surface area contributed by atoms with E-state index in [-0.39, 0.29) is 11.9 Å². The lowest BCUT2D eigenvalue weighted by Gasteiger charge is -2.21. The molecule has 1 aromatic carbocycles. The average molecular weight is 274 g/mol. The molecule has 0 aliphatic rings. The van der Waals surface area contributed by atoms with Crippen LogP contribution < -0.4 is 10.1 Å². The summed E-state index contributed by atoms with van der Waals surface area (Å²) in [6, 6.07) is 5.38. The Labute approximate surface area is 118 Å². The van der Waals surface area contributed by atoms with Crippen molar-refractivity contribution in [1.29, 1.82) is 0 Å². The third-order valence-electron chi connectivity index (χ3n) is 3.57. The Morgan fingerprint density at radius 2 is 2.00 bits per heavy atom. The first-order valence-corrected chi connectivity index (χ1v) is 6.50. The van der Waals surface area contributed by atoms with E-state index < -0.39 is 0 Å². The third kappa shape index (κ3) is 2.65. The van der Waals surface area contributed by atoms with Gasteiger partial charge < -0.3 is 10.1 Å². The first-order chi connectivity index (χ1) is 9.58. The Morgan fingerprint density at radius 3 is 2.60 bits per heavy atom. The average Bonchev–Trinajstić information content (AvgIpc) is 2.44. The quantitative estimate of drug-likeness (QED) is 0.930. The van der Waals surface area contributed by atoms with E-state index in [0.717, 1.165) is 28.0 Å². The van der Waals surface area contributed by atoms with E-state index in [1.165, 1.54) is 12.3 Å². The Kier molecular flexibility index (Phi) is 4.35. The van der Waals surface area contributed by atoms with Gasteiger partial charge in [0.2, 0.25) is 0 Å². The smallest absolute Gasteiger partial charge is 0.141 e. The summed E-state index contributed by atoms with van der Waals surface area (Å²) in [5.74, 6) is 0.485. The van der Waals surface area contributed by atoms with E-state index in [1.54, 1.807) is 13.3 Å². The number of hydrogen-bond acceptors (Lipinski definition) is 3. The number of aryl methyl sites for hydroxylation is 1. The van der Waals surface area contributed by atoms with Gasteiger partial charge in [0.1, 0.15) is 11.6 Å². The molecule has 1 heterocycles. The van der Waals surface area contributed by atoms with Crippen LogP contribution in [-0.2, 0) is 0 Å². The van der Waals surface area contributed by atoms with E-state index in [0.29, 0.717) is 0 Å². The zero-order chi connectivity index (χ0) is 14.7. The van der Waals surface area contributed by atoms with Crippen LogP contribution in [0.15, 0.2) is 30.6 Å². The molecule has 3 nitrogen and oxygen atoms in total. The molecule has 0 fully saturated rings. The molecule has 0 saturated heterocycles. The molecule has 1 N–H and O–H groups in total. The van der Waals surface area contributed by atoms with Crippen LogP contribution in [0.2, 0.25) is 0 Å². The monoisotopic (exact) mass is 274 g/mol. The summed E-state index contributed by atoms with van der Waals surface area (Å²) in [6.07, 6.45) is 2.87. The Hall–Kier alpha value is -1.94. The van der Waals surface area contributed by atoms with Gasteiger partial charge in [-0.15, -0.1) is 0 Å². The number of halogens is 1. The second-order valence-electron chi connectivity index (χ2n) is 4.79. The number of nitrogens with one attached hydrogen (secondary N) is 1. The van der Waals surface area contributed by atoms with Crippen LogP contribution >= 0.6 is 0 Å². The fraction of sp³-hybridized carbons (Fsp3) is 0.312. The minimum atomic E-state index is -0.342. The number of pyridine rings is 1. The van der Waals surface area contributed by atoms with Crippen LogP contribution in [0.25, 0.3) is 0 Å². The van der Waals surface area contributed by atoms with Gasteiger partial charge in [0.25, 0.3) is 0 Å². The third-order valence-corrected chi connectivity index (χ3v) is 3.57. The van der Waals surface area contributed by atoms with Crippen LogP contribution in [-0.4, -0.2) is 19.1 Å². The van der Waals surface area contributed by atoms with Crippen molar-refractivity contribution in [2.24, 2.45) is 0 Å². The number of benzene rings is 1. The topological polar surface area (TPSA) is 34.2 Å². The summed E-state index contributed by atoms with van der Waals surface area (Å²) in [6.45, 7) is 4.06. The minimum Gasteiger partial charge on any atom is -0.496 e. The molecule has 1 unspecified atom stereocenters. The molecule has 0 amide bonds. The van der Waals surface area contributed by atoms with Crippen molar-refractivity contribution in [3.8, 4) is 5.75 Å². The van der Waals surface area contributed by atoms with Gasteiger partial charge >= 0.3 is 0 Å². The number of aromatic nitrogens is 1. The Balaban J connectivity index is 2.55. The SMILES string of the molecule is CNC(c1cncc(F)c1)c1ccc(C)c(C)c1OC. The van der Waals surface area contributed by atoms with Crippen molar-refractivity contribution in [2.75, 3.05) is 14.2 Å². The first kappa shape index (κ1) is 14.5. The highest BCUT2D eigenvalue weighted by Gasteiger charge is 2.19. The fourth-order valence-corrected chi connectivity index (χ4v) is 2.40. The molecule has 0 spiro atoms. The number of hydrogen-bond donors (Lipinski definition) is 1. The number of nitrogens with zero attached hydrogens (tertiary/aromatic N) is 1. The highest BCUT2D eigenvalue weighted by Crippen LogP contribution is 2.33.